The van der Waals surface area contributed by atoms with Crippen LogP contribution in [0.4, 0.5) is 0 Å². The second-order valence-electron chi connectivity index (χ2n) is 3.00. The number of hydrogen-bond acceptors (Lipinski definition) is 3. The molecule has 0 bridgehead atoms. The van der Waals surface area contributed by atoms with Crippen LogP contribution in [0.2, 0.25) is 0 Å². The van der Waals surface area contributed by atoms with E-state index in [1.165, 1.54) is 7.11 Å². The van der Waals surface area contributed by atoms with E-state index in [4.69, 9.17) is 5.73 Å². The number of nitrogens with two attached hydrogens (primary N) is 1. The molecule has 0 aromatic heterocycles. The van der Waals surface area contributed by atoms with Crippen molar-refractivity contribution in [2.75, 3.05) is 7.11 Å². The van der Waals surface area contributed by atoms with Gasteiger partial charge in [-0.2, -0.15) is 0 Å². The van der Waals surface area contributed by atoms with E-state index in [-0.39, 0.29) is 0 Å². The van der Waals surface area contributed by atoms with Gasteiger partial charge in [0.15, 0.2) is 0 Å². The molecule has 2 N–H and O–H groups in total. The topological polar surface area (TPSA) is 52.3 Å². The SMILES string of the molecule is COC(=O)[C@H](N)CC#Cc1ccccc1. The molecule has 15 heavy (non-hydrogen) atoms. The van der Waals surface area contributed by atoms with Crippen LogP contribution in [0, 0.1) is 11.8 Å². The van der Waals surface area contributed by atoms with E-state index in [1.54, 1.807) is 0 Å². The summed E-state index contributed by atoms with van der Waals surface area (Å²) in [7, 11) is 1.31. The lowest BCUT2D eigenvalue weighted by atomic mass is 10.2. The standard InChI is InChI=1S/C12H13NO2/c1-15-12(14)11(13)9-5-8-10-6-3-2-4-7-10/h2-4,6-7,11H,9,13H2,1H3/t11-/m1/s1. The summed E-state index contributed by atoms with van der Waals surface area (Å²) in [6.45, 7) is 0. The first-order chi connectivity index (χ1) is 7.24. The number of carbonyl (C=O) groups is 1. The Kier molecular flexibility index (Phi) is 4.39. The summed E-state index contributed by atoms with van der Waals surface area (Å²) >= 11 is 0. The van der Waals surface area contributed by atoms with Gasteiger partial charge >= 0.3 is 5.97 Å². The molecule has 0 aliphatic rings. The van der Waals surface area contributed by atoms with Gasteiger partial charge in [-0.3, -0.25) is 4.79 Å². The van der Waals surface area contributed by atoms with Gasteiger partial charge in [-0.05, 0) is 12.1 Å². The molecule has 0 spiro atoms. The fourth-order valence-corrected chi connectivity index (χ4v) is 1.02. The summed E-state index contributed by atoms with van der Waals surface area (Å²) in [5.41, 5.74) is 6.43. The van der Waals surface area contributed by atoms with Crippen LogP contribution < -0.4 is 5.73 Å². The van der Waals surface area contributed by atoms with Gasteiger partial charge in [-0.1, -0.05) is 30.0 Å². The molecule has 0 fully saturated rings. The summed E-state index contributed by atoms with van der Waals surface area (Å²) in [4.78, 5) is 10.9. The van der Waals surface area contributed by atoms with Gasteiger partial charge in [0, 0.05) is 12.0 Å². The Balaban J connectivity index is 2.50. The number of ether oxygens (including phenoxy) is 1. The summed E-state index contributed by atoms with van der Waals surface area (Å²) in [5, 5.41) is 0. The quantitative estimate of drug-likeness (QED) is 0.574. The third-order valence-corrected chi connectivity index (χ3v) is 1.83. The van der Waals surface area contributed by atoms with E-state index >= 15 is 0 Å². The van der Waals surface area contributed by atoms with Crippen molar-refractivity contribution in [2.45, 2.75) is 12.5 Å². The highest BCUT2D eigenvalue weighted by Crippen LogP contribution is 1.96. The van der Waals surface area contributed by atoms with Gasteiger partial charge in [0.2, 0.25) is 0 Å². The molecule has 78 valence electrons. The molecule has 0 radical (unpaired) electrons. The Hall–Kier alpha value is -1.79. The molecular formula is C12H13NO2. The molecule has 0 heterocycles. The molecule has 0 amide bonds. The molecule has 1 aromatic carbocycles. The highest BCUT2D eigenvalue weighted by molar-refractivity contribution is 5.75. The fourth-order valence-electron chi connectivity index (χ4n) is 1.02. The molecule has 1 atom stereocenters. The van der Waals surface area contributed by atoms with E-state index < -0.39 is 12.0 Å². The molecular weight excluding hydrogens is 190 g/mol. The molecule has 0 aliphatic heterocycles. The average molecular weight is 203 g/mol. The summed E-state index contributed by atoms with van der Waals surface area (Å²) in [6, 6.07) is 8.87. The molecule has 1 aromatic rings. The lowest BCUT2D eigenvalue weighted by Gasteiger charge is -2.03. The van der Waals surface area contributed by atoms with Crippen molar-refractivity contribution in [3.63, 3.8) is 0 Å². The Labute approximate surface area is 89.2 Å². The van der Waals surface area contributed by atoms with E-state index in [0.717, 1.165) is 5.56 Å². The molecule has 0 aliphatic carbocycles. The van der Waals surface area contributed by atoms with Crippen LogP contribution in [0.25, 0.3) is 0 Å². The monoisotopic (exact) mass is 203 g/mol. The predicted octanol–water partition coefficient (Wildman–Crippen LogP) is 0.928. The Morgan fingerprint density at radius 2 is 2.13 bits per heavy atom. The van der Waals surface area contributed by atoms with Crippen molar-refractivity contribution in [2.24, 2.45) is 5.73 Å². The predicted molar refractivity (Wildman–Crippen MR) is 57.9 cm³/mol. The Bertz CT molecular complexity index is 376. The van der Waals surface area contributed by atoms with Gasteiger partial charge < -0.3 is 10.5 Å². The minimum atomic E-state index is -0.661. The van der Waals surface area contributed by atoms with Gasteiger partial charge in [0.05, 0.1) is 7.11 Å². The van der Waals surface area contributed by atoms with Crippen LogP contribution in [0.5, 0.6) is 0 Å². The summed E-state index contributed by atoms with van der Waals surface area (Å²) in [5.74, 6) is 5.32. The number of hydrogen-bond donors (Lipinski definition) is 1. The van der Waals surface area contributed by atoms with Crippen LogP contribution in [0.3, 0.4) is 0 Å². The largest absolute Gasteiger partial charge is 0.468 e. The molecule has 0 unspecified atom stereocenters. The van der Waals surface area contributed by atoms with Gasteiger partial charge in [0.25, 0.3) is 0 Å². The van der Waals surface area contributed by atoms with Crippen LogP contribution in [0.1, 0.15) is 12.0 Å². The maximum Gasteiger partial charge on any atom is 0.323 e. The highest BCUT2D eigenvalue weighted by Gasteiger charge is 2.10. The number of methoxy groups -OCH3 is 1. The number of benzene rings is 1. The normalized spacial score (nSPS) is 11.1. The van der Waals surface area contributed by atoms with Crippen LogP contribution in [-0.2, 0) is 9.53 Å². The third kappa shape index (κ3) is 3.84. The van der Waals surface area contributed by atoms with Gasteiger partial charge in [-0.25, -0.2) is 0 Å². The van der Waals surface area contributed by atoms with E-state index in [0.29, 0.717) is 6.42 Å². The van der Waals surface area contributed by atoms with Crippen molar-refractivity contribution in [1.29, 1.82) is 0 Å². The number of esters is 1. The number of carbonyl (C=O) groups excluding carboxylic acids is 1. The lowest BCUT2D eigenvalue weighted by Crippen LogP contribution is -2.30. The third-order valence-electron chi connectivity index (χ3n) is 1.83. The summed E-state index contributed by atoms with van der Waals surface area (Å²) in [6.07, 6.45) is 0.307. The average Bonchev–Trinajstić information content (AvgIpc) is 2.29. The van der Waals surface area contributed by atoms with Crippen molar-refractivity contribution < 1.29 is 9.53 Å². The first-order valence-corrected chi connectivity index (χ1v) is 4.61. The maximum absolute atomic E-state index is 10.9. The number of rotatable bonds is 2. The zero-order valence-electron chi connectivity index (χ0n) is 8.57. The Morgan fingerprint density at radius 3 is 2.73 bits per heavy atom. The zero-order valence-corrected chi connectivity index (χ0v) is 8.57. The molecule has 0 saturated carbocycles. The van der Waals surface area contributed by atoms with E-state index in [2.05, 4.69) is 16.6 Å². The molecule has 3 heteroatoms. The fraction of sp³-hybridized carbons (Fsp3) is 0.250. The molecule has 1 rings (SSSR count). The molecule has 0 saturated heterocycles. The van der Waals surface area contributed by atoms with Crippen molar-refractivity contribution >= 4 is 5.97 Å². The summed E-state index contributed by atoms with van der Waals surface area (Å²) < 4.78 is 4.48. The van der Waals surface area contributed by atoms with Crippen molar-refractivity contribution in [3.05, 3.63) is 35.9 Å². The van der Waals surface area contributed by atoms with Crippen LogP contribution in [-0.4, -0.2) is 19.1 Å². The minimum absolute atomic E-state index is 0.307. The first-order valence-electron chi connectivity index (χ1n) is 4.61. The minimum Gasteiger partial charge on any atom is -0.468 e. The first kappa shape index (κ1) is 11.3. The molecule has 3 nitrogen and oxygen atoms in total. The van der Waals surface area contributed by atoms with Crippen LogP contribution in [0.15, 0.2) is 30.3 Å². The maximum atomic E-state index is 10.9. The Morgan fingerprint density at radius 1 is 1.47 bits per heavy atom. The van der Waals surface area contributed by atoms with Crippen molar-refractivity contribution in [3.8, 4) is 11.8 Å². The lowest BCUT2D eigenvalue weighted by molar-refractivity contribution is -0.142. The zero-order chi connectivity index (χ0) is 11.1. The smallest absolute Gasteiger partial charge is 0.323 e. The van der Waals surface area contributed by atoms with Gasteiger partial charge in [0.1, 0.15) is 6.04 Å². The van der Waals surface area contributed by atoms with E-state index in [1.807, 2.05) is 30.3 Å². The van der Waals surface area contributed by atoms with Gasteiger partial charge in [-0.15, -0.1) is 0 Å². The van der Waals surface area contributed by atoms with Crippen molar-refractivity contribution in [1.82, 2.24) is 0 Å². The van der Waals surface area contributed by atoms with E-state index in [9.17, 15) is 4.79 Å². The second-order valence-corrected chi connectivity index (χ2v) is 3.00. The highest BCUT2D eigenvalue weighted by atomic mass is 16.5. The second kappa shape index (κ2) is 5.84. The van der Waals surface area contributed by atoms with Crippen LogP contribution >= 0.6 is 0 Å².